The number of fused-ring (bicyclic) bond motifs is 1. The number of carbonyl (C=O) groups is 2. The summed E-state index contributed by atoms with van der Waals surface area (Å²) in [6.07, 6.45) is 0.137. The number of nitrogens with zero attached hydrogens (tertiary/aromatic N) is 1. The number of amides is 1. The van der Waals surface area contributed by atoms with E-state index in [1.54, 1.807) is 17.0 Å². The van der Waals surface area contributed by atoms with E-state index in [1.165, 1.54) is 0 Å². The van der Waals surface area contributed by atoms with Crippen molar-refractivity contribution in [3.63, 3.8) is 0 Å². The summed E-state index contributed by atoms with van der Waals surface area (Å²) < 4.78 is 16.6. The molecule has 4 rings (SSSR count). The first kappa shape index (κ1) is 17.4. The molecule has 2 aromatic carbocycles. The van der Waals surface area contributed by atoms with E-state index in [-0.39, 0.29) is 18.3 Å². The molecule has 6 heteroatoms. The van der Waals surface area contributed by atoms with Crippen LogP contribution in [0.4, 0.5) is 5.69 Å². The van der Waals surface area contributed by atoms with E-state index in [0.29, 0.717) is 42.7 Å². The zero-order valence-electron chi connectivity index (χ0n) is 15.4. The van der Waals surface area contributed by atoms with Gasteiger partial charge in [0.05, 0.1) is 5.92 Å². The van der Waals surface area contributed by atoms with Crippen LogP contribution < -0.4 is 19.1 Å². The number of esters is 1. The molecule has 0 aromatic heterocycles. The number of aryl methyl sites for hydroxylation is 2. The third-order valence-electron chi connectivity index (χ3n) is 4.71. The highest BCUT2D eigenvalue weighted by Gasteiger charge is 2.37. The molecule has 27 heavy (non-hydrogen) atoms. The minimum atomic E-state index is -0.494. The van der Waals surface area contributed by atoms with Crippen molar-refractivity contribution < 1.29 is 23.8 Å². The van der Waals surface area contributed by atoms with Gasteiger partial charge in [-0.3, -0.25) is 9.59 Å². The predicted octanol–water partition coefficient (Wildman–Crippen LogP) is 3.03. The number of rotatable bonds is 3. The Kier molecular flexibility index (Phi) is 4.48. The fourth-order valence-corrected chi connectivity index (χ4v) is 3.51. The number of ether oxygens (including phenoxy) is 3. The molecule has 1 fully saturated rings. The van der Waals surface area contributed by atoms with Crippen LogP contribution in [0.5, 0.6) is 17.2 Å². The summed E-state index contributed by atoms with van der Waals surface area (Å²) >= 11 is 0. The van der Waals surface area contributed by atoms with E-state index in [2.05, 4.69) is 0 Å². The second-order valence-electron chi connectivity index (χ2n) is 6.98. The molecule has 1 saturated heterocycles. The number of hydrogen-bond donors (Lipinski definition) is 0. The third-order valence-corrected chi connectivity index (χ3v) is 4.71. The maximum atomic E-state index is 12.5. The van der Waals surface area contributed by atoms with E-state index in [9.17, 15) is 9.59 Å². The molecule has 0 saturated carbocycles. The maximum Gasteiger partial charge on any atom is 0.316 e. The van der Waals surface area contributed by atoms with Crippen LogP contribution in [0.2, 0.25) is 0 Å². The molecule has 0 N–H and O–H groups in total. The van der Waals surface area contributed by atoms with Crippen molar-refractivity contribution in [3.8, 4) is 17.2 Å². The fourth-order valence-electron chi connectivity index (χ4n) is 3.51. The molecule has 140 valence electrons. The molecular weight excluding hydrogens is 346 g/mol. The second kappa shape index (κ2) is 6.95. The van der Waals surface area contributed by atoms with Gasteiger partial charge in [0, 0.05) is 24.7 Å². The quantitative estimate of drug-likeness (QED) is 0.616. The normalized spacial score (nSPS) is 18.5. The van der Waals surface area contributed by atoms with Gasteiger partial charge in [-0.1, -0.05) is 6.07 Å². The number of anilines is 1. The molecule has 2 aromatic rings. The summed E-state index contributed by atoms with van der Waals surface area (Å²) in [7, 11) is 0. The Morgan fingerprint density at radius 3 is 2.48 bits per heavy atom. The second-order valence-corrected chi connectivity index (χ2v) is 6.98. The lowest BCUT2D eigenvalue weighted by Crippen LogP contribution is -2.27. The van der Waals surface area contributed by atoms with Crippen LogP contribution in [-0.4, -0.2) is 31.6 Å². The van der Waals surface area contributed by atoms with E-state index in [1.807, 2.05) is 38.1 Å². The summed E-state index contributed by atoms with van der Waals surface area (Å²) in [5.41, 5.74) is 2.75. The van der Waals surface area contributed by atoms with Gasteiger partial charge in [0.2, 0.25) is 5.91 Å². The van der Waals surface area contributed by atoms with Gasteiger partial charge in [-0.15, -0.1) is 0 Å². The standard InChI is InChI=1S/C21H21NO5/c1-13-7-14(2)9-17(8-13)27-21(24)15-10-20(23)22(12-15)16-3-4-18-19(11-16)26-6-5-25-18/h3-4,7-9,11,15H,5-6,10,12H2,1-2H3. The van der Waals surface area contributed by atoms with E-state index < -0.39 is 5.92 Å². The Morgan fingerprint density at radius 2 is 1.74 bits per heavy atom. The van der Waals surface area contributed by atoms with E-state index in [0.717, 1.165) is 11.1 Å². The minimum absolute atomic E-state index is 0.103. The van der Waals surface area contributed by atoms with Crippen LogP contribution in [0.15, 0.2) is 36.4 Å². The zero-order valence-corrected chi connectivity index (χ0v) is 15.4. The molecule has 0 radical (unpaired) electrons. The summed E-state index contributed by atoms with van der Waals surface area (Å²) in [5.74, 6) is 0.826. The molecule has 2 heterocycles. The molecule has 1 amide bonds. The average Bonchev–Trinajstić information content (AvgIpc) is 3.02. The van der Waals surface area contributed by atoms with Crippen LogP contribution in [0.3, 0.4) is 0 Å². The monoisotopic (exact) mass is 367 g/mol. The molecule has 2 aliphatic heterocycles. The first-order valence-corrected chi connectivity index (χ1v) is 8.99. The van der Waals surface area contributed by atoms with Crippen molar-refractivity contribution in [2.45, 2.75) is 20.3 Å². The highest BCUT2D eigenvalue weighted by molar-refractivity contribution is 6.00. The number of benzene rings is 2. The lowest BCUT2D eigenvalue weighted by atomic mass is 10.1. The molecule has 0 spiro atoms. The fraction of sp³-hybridized carbons (Fsp3) is 0.333. The summed E-state index contributed by atoms with van der Waals surface area (Å²) in [6.45, 7) is 5.19. The van der Waals surface area contributed by atoms with Gasteiger partial charge in [0.15, 0.2) is 11.5 Å². The molecule has 0 aliphatic carbocycles. The first-order valence-electron chi connectivity index (χ1n) is 8.99. The van der Waals surface area contributed by atoms with Crippen molar-refractivity contribution in [3.05, 3.63) is 47.5 Å². The number of carbonyl (C=O) groups excluding carboxylic acids is 2. The lowest BCUT2D eigenvalue weighted by Gasteiger charge is -2.22. The molecule has 0 bridgehead atoms. The minimum Gasteiger partial charge on any atom is -0.486 e. The van der Waals surface area contributed by atoms with Crippen molar-refractivity contribution in [2.24, 2.45) is 5.92 Å². The third kappa shape index (κ3) is 3.60. The smallest absolute Gasteiger partial charge is 0.316 e. The molecular formula is C21H21NO5. The van der Waals surface area contributed by atoms with Gasteiger partial charge in [0.25, 0.3) is 0 Å². The van der Waals surface area contributed by atoms with Crippen molar-refractivity contribution >= 4 is 17.6 Å². The first-order chi connectivity index (χ1) is 13.0. The van der Waals surface area contributed by atoms with Gasteiger partial charge < -0.3 is 19.1 Å². The van der Waals surface area contributed by atoms with Gasteiger partial charge in [-0.05, 0) is 49.2 Å². The highest BCUT2D eigenvalue weighted by Crippen LogP contribution is 2.36. The molecule has 2 aliphatic rings. The Balaban J connectivity index is 1.48. The van der Waals surface area contributed by atoms with Gasteiger partial charge in [0.1, 0.15) is 19.0 Å². The Bertz CT molecular complexity index is 887. The van der Waals surface area contributed by atoms with Gasteiger partial charge in [-0.2, -0.15) is 0 Å². The Morgan fingerprint density at radius 1 is 1.04 bits per heavy atom. The highest BCUT2D eigenvalue weighted by atomic mass is 16.6. The maximum absolute atomic E-state index is 12.5. The average molecular weight is 367 g/mol. The summed E-state index contributed by atoms with van der Waals surface area (Å²) in [6, 6.07) is 11.0. The van der Waals surface area contributed by atoms with Crippen LogP contribution in [0.1, 0.15) is 17.5 Å². The Labute approximate surface area is 157 Å². The topological polar surface area (TPSA) is 65.1 Å². The van der Waals surface area contributed by atoms with Gasteiger partial charge >= 0.3 is 5.97 Å². The van der Waals surface area contributed by atoms with Crippen LogP contribution in [0.25, 0.3) is 0 Å². The predicted molar refractivity (Wildman–Crippen MR) is 99.4 cm³/mol. The molecule has 6 nitrogen and oxygen atoms in total. The summed E-state index contributed by atoms with van der Waals surface area (Å²) in [4.78, 5) is 26.6. The van der Waals surface area contributed by atoms with Crippen molar-refractivity contribution in [1.82, 2.24) is 0 Å². The van der Waals surface area contributed by atoms with Gasteiger partial charge in [-0.25, -0.2) is 0 Å². The largest absolute Gasteiger partial charge is 0.486 e. The van der Waals surface area contributed by atoms with Crippen molar-refractivity contribution in [1.29, 1.82) is 0 Å². The van der Waals surface area contributed by atoms with Crippen LogP contribution >= 0.6 is 0 Å². The summed E-state index contributed by atoms with van der Waals surface area (Å²) in [5, 5.41) is 0. The molecule has 1 unspecified atom stereocenters. The SMILES string of the molecule is Cc1cc(C)cc(OC(=O)C2CC(=O)N(c3ccc4c(c3)OCCO4)C2)c1. The van der Waals surface area contributed by atoms with Crippen molar-refractivity contribution in [2.75, 3.05) is 24.7 Å². The number of hydrogen-bond acceptors (Lipinski definition) is 5. The lowest BCUT2D eigenvalue weighted by molar-refractivity contribution is -0.139. The van der Waals surface area contributed by atoms with E-state index >= 15 is 0 Å². The van der Waals surface area contributed by atoms with Crippen LogP contribution in [0, 0.1) is 19.8 Å². The van der Waals surface area contributed by atoms with E-state index in [4.69, 9.17) is 14.2 Å². The molecule has 1 atom stereocenters. The Hall–Kier alpha value is -3.02. The zero-order chi connectivity index (χ0) is 19.0. The van der Waals surface area contributed by atoms with Crippen LogP contribution in [-0.2, 0) is 9.59 Å².